The summed E-state index contributed by atoms with van der Waals surface area (Å²) in [6, 6.07) is 64.4. The topological polar surface area (TPSA) is 49.7 Å². The molecule has 12 aromatic rings. The van der Waals surface area contributed by atoms with Crippen molar-refractivity contribution in [3.8, 4) is 56.3 Å². The Hall–Kier alpha value is -7.33. The molecule has 64 heavy (non-hydrogen) atoms. The van der Waals surface area contributed by atoms with Crippen molar-refractivity contribution in [1.82, 2.24) is 24.1 Å². The van der Waals surface area contributed by atoms with Crippen LogP contribution in [0.4, 0.5) is 0 Å². The van der Waals surface area contributed by atoms with Gasteiger partial charge < -0.3 is 9.55 Å². The number of aryl methyl sites for hydroxylation is 4. The molecule has 5 nitrogen and oxygen atoms in total. The predicted molar refractivity (Wildman–Crippen MR) is 261 cm³/mol. The second-order valence-corrected chi connectivity index (χ2v) is 16.7. The van der Waals surface area contributed by atoms with Crippen LogP contribution in [-0.4, -0.2) is 19.1 Å². The first-order chi connectivity index (χ1) is 30.9. The van der Waals surface area contributed by atoms with E-state index in [4.69, 9.17) is 15.0 Å². The standard InChI is InChI=1S/C58H41N5.Pt/c1-35-16-12-17-36(2)53(35)40-32-47(54-37(3)18-13-19-38(54)4)55-45-30-29-39(33-50(45)63(51(55)34-40)52-28-10-11-31-59-52)42-23-15-27-49-57(42)61-58(62(49)41-20-6-5-7-21-41)46-25-14-24-44-43-22-8-9-26-48(43)60-56(44)46;/h5-32,34H,1-4H3;/q-2;+2. The van der Waals surface area contributed by atoms with Crippen LogP contribution >= 0.6 is 0 Å². The van der Waals surface area contributed by atoms with Gasteiger partial charge in [-0.15, -0.1) is 34.8 Å². The van der Waals surface area contributed by atoms with Gasteiger partial charge in [0.15, 0.2) is 0 Å². The van der Waals surface area contributed by atoms with Gasteiger partial charge in [-0.1, -0.05) is 126 Å². The van der Waals surface area contributed by atoms with Crippen molar-refractivity contribution in [2.75, 3.05) is 0 Å². The van der Waals surface area contributed by atoms with E-state index < -0.39 is 0 Å². The normalized spacial score (nSPS) is 11.6. The Balaban J connectivity index is 0.00000456. The number of pyridine rings is 1. The molecule has 0 N–H and O–H groups in total. The maximum absolute atomic E-state index is 5.58. The van der Waals surface area contributed by atoms with Crippen molar-refractivity contribution in [1.29, 1.82) is 0 Å². The number of benzene rings is 8. The van der Waals surface area contributed by atoms with Gasteiger partial charge in [0, 0.05) is 23.0 Å². The van der Waals surface area contributed by atoms with Crippen molar-refractivity contribution in [2.45, 2.75) is 27.7 Å². The first-order valence-corrected chi connectivity index (χ1v) is 21.5. The molecule has 0 aliphatic heterocycles. The molecule has 0 unspecified atom stereocenters. The molecule has 0 saturated heterocycles. The van der Waals surface area contributed by atoms with Crippen molar-refractivity contribution in [2.24, 2.45) is 0 Å². The summed E-state index contributed by atoms with van der Waals surface area (Å²) in [6.45, 7) is 8.87. The van der Waals surface area contributed by atoms with Gasteiger partial charge in [0.2, 0.25) is 0 Å². The summed E-state index contributed by atoms with van der Waals surface area (Å²) in [5.74, 6) is 1.69. The second kappa shape index (κ2) is 15.5. The molecule has 0 amide bonds. The Morgan fingerprint density at radius 2 is 1.19 bits per heavy atom. The molecule has 12 rings (SSSR count). The molecular formula is C58H41N5Pt. The molecule has 0 saturated carbocycles. The van der Waals surface area contributed by atoms with Gasteiger partial charge in [0.05, 0.1) is 11.0 Å². The number of aromatic nitrogens is 5. The molecule has 0 atom stereocenters. The van der Waals surface area contributed by atoms with E-state index in [9.17, 15) is 0 Å². The summed E-state index contributed by atoms with van der Waals surface area (Å²) in [6.07, 6.45) is 1.88. The Morgan fingerprint density at radius 1 is 0.516 bits per heavy atom. The van der Waals surface area contributed by atoms with Gasteiger partial charge in [0.25, 0.3) is 0 Å². The number of rotatable bonds is 6. The molecule has 0 aliphatic rings. The fraction of sp³-hybridized carbons (Fsp3) is 0.0690. The van der Waals surface area contributed by atoms with Gasteiger partial charge in [-0.05, 0) is 136 Å². The van der Waals surface area contributed by atoms with Gasteiger partial charge in [-0.2, -0.15) is 0 Å². The van der Waals surface area contributed by atoms with Crippen molar-refractivity contribution < 1.29 is 21.1 Å². The van der Waals surface area contributed by atoms with Crippen molar-refractivity contribution >= 4 is 54.6 Å². The fourth-order valence-corrected chi connectivity index (χ4v) is 10.1. The van der Waals surface area contributed by atoms with Crippen molar-refractivity contribution in [3.63, 3.8) is 0 Å². The van der Waals surface area contributed by atoms with Crippen LogP contribution in [0.2, 0.25) is 0 Å². The third-order valence-corrected chi connectivity index (χ3v) is 12.9. The van der Waals surface area contributed by atoms with Crippen LogP contribution in [0.25, 0.3) is 111 Å². The number of para-hydroxylation sites is 4. The zero-order valence-electron chi connectivity index (χ0n) is 35.8. The summed E-state index contributed by atoms with van der Waals surface area (Å²) in [7, 11) is 0. The molecule has 6 heteroatoms. The van der Waals surface area contributed by atoms with E-state index in [-0.39, 0.29) is 21.1 Å². The minimum Gasteiger partial charge on any atom is -0.656 e. The number of imidazole rings is 1. The zero-order valence-corrected chi connectivity index (χ0v) is 38.1. The first kappa shape index (κ1) is 39.5. The van der Waals surface area contributed by atoms with Crippen LogP contribution in [0.1, 0.15) is 22.3 Å². The molecule has 0 aliphatic carbocycles. The predicted octanol–water partition coefficient (Wildman–Crippen LogP) is 14.5. The number of fused-ring (bicyclic) bond motifs is 7. The van der Waals surface area contributed by atoms with Gasteiger partial charge in [0.1, 0.15) is 11.6 Å². The SMILES string of the molecule is Cc1cccc(C)c1-c1cc(-c2c(C)cccc2C)c2c3ccc(-c4cccc5c4nc(-c4cccc6c4[n-]c4ccccc46)n5-c4ccccc4)[c-]c3n(-c3ccccn3)c2c1.[Pt+2]. The molecule has 308 valence electrons. The summed E-state index contributed by atoms with van der Waals surface area (Å²) >= 11 is 0. The van der Waals surface area contributed by atoms with E-state index in [2.05, 4.69) is 207 Å². The number of hydrogen-bond acceptors (Lipinski definition) is 2. The minimum atomic E-state index is 0. The van der Waals surface area contributed by atoms with Gasteiger partial charge in [-0.3, -0.25) is 4.57 Å². The fourth-order valence-electron chi connectivity index (χ4n) is 10.1. The first-order valence-electron chi connectivity index (χ1n) is 21.5. The summed E-state index contributed by atoms with van der Waals surface area (Å²) in [5, 5.41) is 4.57. The second-order valence-electron chi connectivity index (χ2n) is 16.7. The van der Waals surface area contributed by atoms with Crippen LogP contribution in [0.5, 0.6) is 0 Å². The zero-order chi connectivity index (χ0) is 42.3. The summed E-state index contributed by atoms with van der Waals surface area (Å²) < 4.78 is 4.59. The number of hydrogen-bond donors (Lipinski definition) is 0. The largest absolute Gasteiger partial charge is 2.00 e. The summed E-state index contributed by atoms with van der Waals surface area (Å²) in [4.78, 5) is 15.7. The van der Waals surface area contributed by atoms with Crippen molar-refractivity contribution in [3.05, 3.63) is 204 Å². The molecule has 0 bridgehead atoms. The van der Waals surface area contributed by atoms with Crippen LogP contribution < -0.4 is 4.98 Å². The Kier molecular flexibility index (Phi) is 9.56. The molecular weight excluding hydrogens is 962 g/mol. The van der Waals surface area contributed by atoms with Gasteiger partial charge >= 0.3 is 21.1 Å². The third-order valence-electron chi connectivity index (χ3n) is 12.9. The van der Waals surface area contributed by atoms with Crippen LogP contribution in [0.3, 0.4) is 0 Å². The van der Waals surface area contributed by atoms with Gasteiger partial charge in [-0.25, -0.2) is 9.97 Å². The summed E-state index contributed by atoms with van der Waals surface area (Å²) in [5.41, 5.74) is 19.7. The van der Waals surface area contributed by atoms with E-state index in [1.54, 1.807) is 0 Å². The Morgan fingerprint density at radius 3 is 1.95 bits per heavy atom. The molecule has 8 aromatic carbocycles. The monoisotopic (exact) mass is 1000 g/mol. The molecule has 4 heterocycles. The minimum absolute atomic E-state index is 0. The van der Waals surface area contributed by atoms with Crippen LogP contribution in [0.15, 0.2) is 176 Å². The quantitative estimate of drug-likeness (QED) is 0.156. The average molecular weight is 1000 g/mol. The molecule has 0 spiro atoms. The smallest absolute Gasteiger partial charge is 0.656 e. The molecule has 0 fully saturated rings. The Bertz CT molecular complexity index is 3740. The molecule has 4 aromatic heterocycles. The Labute approximate surface area is 386 Å². The van der Waals surface area contributed by atoms with E-state index in [1.807, 2.05) is 12.3 Å². The van der Waals surface area contributed by atoms with Crippen LogP contribution in [0, 0.1) is 33.8 Å². The molecule has 0 radical (unpaired) electrons. The maximum Gasteiger partial charge on any atom is 2.00 e. The van der Waals surface area contributed by atoms with E-state index >= 15 is 0 Å². The number of nitrogens with zero attached hydrogens (tertiary/aromatic N) is 5. The maximum atomic E-state index is 5.58. The van der Waals surface area contributed by atoms with E-state index in [0.29, 0.717) is 0 Å². The van der Waals surface area contributed by atoms with E-state index in [0.717, 1.165) is 83.3 Å². The van der Waals surface area contributed by atoms with E-state index in [1.165, 1.54) is 49.9 Å². The van der Waals surface area contributed by atoms with Crippen LogP contribution in [-0.2, 0) is 21.1 Å². The third kappa shape index (κ3) is 6.10. The average Bonchev–Trinajstić information content (AvgIpc) is 3.99.